The molecule has 0 spiro atoms. The number of aryl methyl sites for hydroxylation is 1. The molecule has 2 N–H and O–H groups in total. The number of rotatable bonds is 8. The normalized spacial score (nSPS) is 14.7. The summed E-state index contributed by atoms with van der Waals surface area (Å²) in [5, 5.41) is 10.5. The fourth-order valence-corrected chi connectivity index (χ4v) is 6.65. The van der Waals surface area contributed by atoms with Gasteiger partial charge in [-0.3, -0.25) is 5.32 Å². The number of urea groups is 1. The van der Waals surface area contributed by atoms with Crippen LogP contribution in [0.25, 0.3) is 5.69 Å². The molecule has 3 heterocycles. The fraction of sp³-hybridized carbons (Fsp3) is 0.364. The van der Waals surface area contributed by atoms with E-state index in [0.29, 0.717) is 43.9 Å². The van der Waals surface area contributed by atoms with Crippen LogP contribution in [0, 0.1) is 12.8 Å². The number of piperidine rings is 1. The average Bonchev–Trinajstić information content (AvgIpc) is 3.67. The molecule has 2 amide bonds. The highest BCUT2D eigenvalue weighted by Crippen LogP contribution is 2.30. The van der Waals surface area contributed by atoms with Gasteiger partial charge >= 0.3 is 12.0 Å². The Morgan fingerprint density at radius 3 is 2.36 bits per heavy atom. The summed E-state index contributed by atoms with van der Waals surface area (Å²) in [5.41, 5.74) is 4.26. The number of carbonyl (C=O) groups excluding carboxylic acids is 2. The van der Waals surface area contributed by atoms with Gasteiger partial charge in [-0.05, 0) is 68.0 Å². The highest BCUT2D eigenvalue weighted by atomic mass is 32.2. The summed E-state index contributed by atoms with van der Waals surface area (Å²) in [7, 11) is -2.68. The van der Waals surface area contributed by atoms with Gasteiger partial charge in [0.1, 0.15) is 5.82 Å². The highest BCUT2D eigenvalue weighted by molar-refractivity contribution is 7.89. The van der Waals surface area contributed by atoms with Crippen LogP contribution in [0.5, 0.6) is 0 Å². The van der Waals surface area contributed by atoms with Gasteiger partial charge in [-0.1, -0.05) is 56.7 Å². The van der Waals surface area contributed by atoms with E-state index in [0.717, 1.165) is 22.5 Å². The quantitative estimate of drug-likeness (QED) is 0.222. The lowest BCUT2D eigenvalue weighted by atomic mass is 9.90. The number of ether oxygens (including phenoxy) is 1. The Bertz CT molecular complexity index is 1780. The second-order valence-electron chi connectivity index (χ2n) is 12.3. The first-order valence-electron chi connectivity index (χ1n) is 14.9. The molecule has 1 fully saturated rings. The Balaban J connectivity index is 1.24. The van der Waals surface area contributed by atoms with Crippen molar-refractivity contribution in [2.75, 3.05) is 30.8 Å². The van der Waals surface area contributed by atoms with Crippen molar-refractivity contribution < 1.29 is 27.2 Å². The number of furan rings is 1. The number of hydrogen-bond acceptors (Lipinski definition) is 7. The van der Waals surface area contributed by atoms with Gasteiger partial charge in [0.2, 0.25) is 10.9 Å². The molecule has 1 aliphatic rings. The molecular formula is C33H39N5O6S. The van der Waals surface area contributed by atoms with Crippen molar-refractivity contribution in [3.05, 3.63) is 89.3 Å². The number of para-hydroxylation sites is 1. The number of methoxy groups -OCH3 is 1. The Morgan fingerprint density at radius 1 is 1.00 bits per heavy atom. The van der Waals surface area contributed by atoms with Crippen molar-refractivity contribution >= 4 is 33.5 Å². The molecule has 0 unspecified atom stereocenters. The van der Waals surface area contributed by atoms with E-state index >= 15 is 0 Å². The van der Waals surface area contributed by atoms with Crippen molar-refractivity contribution in [2.45, 2.75) is 57.5 Å². The molecule has 0 aliphatic carbocycles. The van der Waals surface area contributed by atoms with Gasteiger partial charge in [0.15, 0.2) is 0 Å². The minimum Gasteiger partial charge on any atom is -0.463 e. The van der Waals surface area contributed by atoms with Crippen LogP contribution in [0.3, 0.4) is 0 Å². The Labute approximate surface area is 263 Å². The summed E-state index contributed by atoms with van der Waals surface area (Å²) < 4.78 is 39.2. The molecule has 1 aliphatic heterocycles. The summed E-state index contributed by atoms with van der Waals surface area (Å²) in [6.07, 6.45) is 1.94. The summed E-state index contributed by atoms with van der Waals surface area (Å²) in [4.78, 5) is 25.0. The van der Waals surface area contributed by atoms with Crippen LogP contribution in [0.4, 0.5) is 16.3 Å². The molecule has 0 bridgehead atoms. The number of esters is 1. The van der Waals surface area contributed by atoms with Crippen LogP contribution in [-0.2, 0) is 26.6 Å². The molecule has 2 aromatic heterocycles. The molecule has 1 saturated heterocycles. The summed E-state index contributed by atoms with van der Waals surface area (Å²) in [5.74, 6) is -0.124. The van der Waals surface area contributed by atoms with Crippen LogP contribution < -0.4 is 10.6 Å². The monoisotopic (exact) mass is 633 g/mol. The van der Waals surface area contributed by atoms with Gasteiger partial charge in [0.25, 0.3) is 10.0 Å². The molecule has 2 aromatic carbocycles. The maximum absolute atomic E-state index is 13.3. The van der Waals surface area contributed by atoms with Gasteiger partial charge in [-0.25, -0.2) is 22.7 Å². The number of benzene rings is 2. The van der Waals surface area contributed by atoms with Crippen LogP contribution in [0.2, 0.25) is 0 Å². The molecule has 0 saturated carbocycles. The summed E-state index contributed by atoms with van der Waals surface area (Å²) in [6.45, 7) is 8.88. The molecule has 12 heteroatoms. The molecular weight excluding hydrogens is 594 g/mol. The Hall–Kier alpha value is -4.42. The first-order valence-corrected chi connectivity index (χ1v) is 16.3. The molecule has 0 atom stereocenters. The van der Waals surface area contributed by atoms with Crippen molar-refractivity contribution in [1.82, 2.24) is 14.1 Å². The van der Waals surface area contributed by atoms with E-state index in [-0.39, 0.29) is 28.2 Å². The van der Waals surface area contributed by atoms with Gasteiger partial charge in [-0.2, -0.15) is 9.40 Å². The number of aromatic nitrogens is 2. The van der Waals surface area contributed by atoms with E-state index in [1.165, 1.54) is 23.5 Å². The number of amides is 2. The standard InChI is InChI=1S/C33H39N5O6S/c1-22-10-12-25(13-11-22)38-29(21-28(36-38)33(2,3)4)35-32(40)34-26-9-7-6-8-24(26)20-23-16-18-37(19-17-23)45(41,42)30-15-14-27(44-30)31(39)43-5/h6-15,21,23H,16-20H2,1-5H3,(H2,34,35,40). The number of carbonyl (C=O) groups is 2. The lowest BCUT2D eigenvalue weighted by Gasteiger charge is -2.31. The van der Waals surface area contributed by atoms with Crippen molar-refractivity contribution in [1.29, 1.82) is 0 Å². The Kier molecular flexibility index (Phi) is 9.17. The third-order valence-electron chi connectivity index (χ3n) is 7.91. The van der Waals surface area contributed by atoms with E-state index in [9.17, 15) is 18.0 Å². The number of anilines is 2. The predicted octanol–water partition coefficient (Wildman–Crippen LogP) is 6.15. The Morgan fingerprint density at radius 2 is 1.69 bits per heavy atom. The first-order chi connectivity index (χ1) is 21.3. The second-order valence-corrected chi connectivity index (χ2v) is 14.2. The fourth-order valence-electron chi connectivity index (χ4n) is 5.27. The highest BCUT2D eigenvalue weighted by Gasteiger charge is 2.32. The minimum absolute atomic E-state index is 0.159. The van der Waals surface area contributed by atoms with E-state index in [2.05, 4.69) is 36.1 Å². The zero-order valence-corrected chi connectivity index (χ0v) is 27.0. The van der Waals surface area contributed by atoms with E-state index in [1.807, 2.05) is 61.5 Å². The number of hydrogen-bond donors (Lipinski definition) is 2. The zero-order chi connectivity index (χ0) is 32.4. The molecule has 5 rings (SSSR count). The van der Waals surface area contributed by atoms with Gasteiger partial charge < -0.3 is 14.5 Å². The third-order valence-corrected chi connectivity index (χ3v) is 9.68. The van der Waals surface area contributed by atoms with Crippen LogP contribution in [0.15, 0.2) is 76.2 Å². The van der Waals surface area contributed by atoms with Crippen LogP contribution >= 0.6 is 0 Å². The lowest BCUT2D eigenvalue weighted by Crippen LogP contribution is -2.38. The van der Waals surface area contributed by atoms with Crippen molar-refractivity contribution in [3.63, 3.8) is 0 Å². The first kappa shape index (κ1) is 32.0. The summed E-state index contributed by atoms with van der Waals surface area (Å²) in [6, 6.07) is 19.7. The third kappa shape index (κ3) is 7.29. The average molecular weight is 634 g/mol. The number of nitrogens with one attached hydrogen (secondary N) is 2. The minimum atomic E-state index is -3.88. The molecule has 4 aromatic rings. The topological polar surface area (TPSA) is 136 Å². The van der Waals surface area contributed by atoms with E-state index < -0.39 is 16.0 Å². The van der Waals surface area contributed by atoms with E-state index in [1.54, 1.807) is 4.68 Å². The van der Waals surface area contributed by atoms with Crippen LogP contribution in [0.1, 0.15) is 61.0 Å². The van der Waals surface area contributed by atoms with Gasteiger partial charge in [0.05, 0.1) is 18.5 Å². The van der Waals surface area contributed by atoms with Crippen LogP contribution in [-0.4, -0.2) is 54.7 Å². The molecule has 238 valence electrons. The molecule has 0 radical (unpaired) electrons. The molecule has 11 nitrogen and oxygen atoms in total. The predicted molar refractivity (Wildman–Crippen MR) is 171 cm³/mol. The smallest absolute Gasteiger partial charge is 0.374 e. The van der Waals surface area contributed by atoms with Gasteiger partial charge in [-0.15, -0.1) is 0 Å². The van der Waals surface area contributed by atoms with Crippen molar-refractivity contribution in [2.24, 2.45) is 5.92 Å². The zero-order valence-electron chi connectivity index (χ0n) is 26.2. The van der Waals surface area contributed by atoms with E-state index in [4.69, 9.17) is 9.52 Å². The SMILES string of the molecule is COC(=O)c1ccc(S(=O)(=O)N2CCC(Cc3ccccc3NC(=O)Nc3cc(C(C)(C)C)nn3-c3ccc(C)cc3)CC2)o1. The van der Waals surface area contributed by atoms with Gasteiger partial charge in [0, 0.05) is 30.3 Å². The molecule has 45 heavy (non-hydrogen) atoms. The number of nitrogens with zero attached hydrogens (tertiary/aromatic N) is 3. The summed E-state index contributed by atoms with van der Waals surface area (Å²) >= 11 is 0. The lowest BCUT2D eigenvalue weighted by molar-refractivity contribution is 0.0558. The maximum Gasteiger partial charge on any atom is 0.374 e. The van der Waals surface area contributed by atoms with Crippen molar-refractivity contribution in [3.8, 4) is 5.69 Å². The maximum atomic E-state index is 13.3. The largest absolute Gasteiger partial charge is 0.463 e. The second kappa shape index (κ2) is 12.9. The number of sulfonamides is 1.